The third kappa shape index (κ3) is 2.79. The summed E-state index contributed by atoms with van der Waals surface area (Å²) in [6.07, 6.45) is 1.50. The molecule has 1 aliphatic heterocycles. The van der Waals surface area contributed by atoms with E-state index in [1.807, 2.05) is 6.92 Å². The second kappa shape index (κ2) is 5.07. The van der Waals surface area contributed by atoms with Gasteiger partial charge in [0.25, 0.3) is 0 Å². The number of nitrogens with two attached hydrogens (primary N) is 1. The van der Waals surface area contributed by atoms with Gasteiger partial charge in [0.2, 0.25) is 0 Å². The van der Waals surface area contributed by atoms with Crippen LogP contribution in [-0.4, -0.2) is 26.4 Å². The van der Waals surface area contributed by atoms with Crippen molar-refractivity contribution >= 4 is 27.1 Å². The molecule has 2 atom stereocenters. The van der Waals surface area contributed by atoms with Crippen LogP contribution in [0, 0.1) is 0 Å². The highest BCUT2D eigenvalue weighted by Gasteiger charge is 2.30. The molecule has 2 rings (SSSR count). The number of sulfone groups is 1. The molecule has 1 aromatic rings. The minimum Gasteiger partial charge on any atom is -0.398 e. The van der Waals surface area contributed by atoms with Gasteiger partial charge in [-0.15, -0.1) is 0 Å². The molecule has 18 heavy (non-hydrogen) atoms. The summed E-state index contributed by atoms with van der Waals surface area (Å²) in [5.74, 6) is -0.0642. The Hall–Kier alpha value is -0.780. The molecule has 100 valence electrons. The van der Waals surface area contributed by atoms with E-state index in [9.17, 15) is 8.42 Å². The van der Waals surface area contributed by atoms with Crippen molar-refractivity contribution in [1.29, 1.82) is 0 Å². The number of ether oxygens (including phenoxy) is 1. The van der Waals surface area contributed by atoms with Gasteiger partial charge in [0.1, 0.15) is 4.90 Å². The van der Waals surface area contributed by atoms with Gasteiger partial charge in [0.15, 0.2) is 9.84 Å². The molecule has 0 spiro atoms. The number of halogens is 1. The third-order valence-electron chi connectivity index (χ3n) is 3.03. The fourth-order valence-corrected chi connectivity index (χ4v) is 4.42. The summed E-state index contributed by atoms with van der Waals surface area (Å²) < 4.78 is 30.1. The van der Waals surface area contributed by atoms with Crippen molar-refractivity contribution in [3.63, 3.8) is 0 Å². The normalized spacial score (nSPS) is 24.3. The standard InChI is InChI=1S/C12H16ClNO3S/c1-8-5-6-9(17-8)7-18(15,16)12-10(13)3-2-4-11(12)14/h2-4,8-9H,5-7,14H2,1H3. The first kappa shape index (κ1) is 13.6. The van der Waals surface area contributed by atoms with Crippen LogP contribution in [0.1, 0.15) is 19.8 Å². The minimum atomic E-state index is -3.51. The van der Waals surface area contributed by atoms with Crippen molar-refractivity contribution in [2.24, 2.45) is 0 Å². The van der Waals surface area contributed by atoms with Crippen LogP contribution in [0.15, 0.2) is 23.1 Å². The summed E-state index contributed by atoms with van der Waals surface area (Å²) in [5, 5.41) is 0.168. The molecule has 0 radical (unpaired) electrons. The smallest absolute Gasteiger partial charge is 0.184 e. The van der Waals surface area contributed by atoms with Gasteiger partial charge in [0.05, 0.1) is 28.7 Å². The molecule has 1 aromatic carbocycles. The van der Waals surface area contributed by atoms with Gasteiger partial charge in [-0.1, -0.05) is 17.7 Å². The lowest BCUT2D eigenvalue weighted by atomic mass is 10.2. The molecular formula is C12H16ClNO3S. The lowest BCUT2D eigenvalue weighted by Gasteiger charge is -2.13. The highest BCUT2D eigenvalue weighted by atomic mass is 35.5. The summed E-state index contributed by atoms with van der Waals surface area (Å²) in [6.45, 7) is 1.94. The van der Waals surface area contributed by atoms with Crippen molar-refractivity contribution in [2.45, 2.75) is 36.9 Å². The zero-order chi connectivity index (χ0) is 13.3. The molecule has 1 fully saturated rings. The molecule has 0 aliphatic carbocycles. The Bertz CT molecular complexity index is 524. The average Bonchev–Trinajstić information content (AvgIpc) is 2.62. The largest absolute Gasteiger partial charge is 0.398 e. The van der Waals surface area contributed by atoms with E-state index < -0.39 is 9.84 Å². The molecule has 0 bridgehead atoms. The molecule has 1 aliphatic rings. The van der Waals surface area contributed by atoms with Crippen LogP contribution in [0.25, 0.3) is 0 Å². The van der Waals surface area contributed by atoms with Crippen molar-refractivity contribution in [1.82, 2.24) is 0 Å². The predicted octanol–water partition coefficient (Wildman–Crippen LogP) is 2.26. The van der Waals surface area contributed by atoms with Crippen molar-refractivity contribution in [3.05, 3.63) is 23.2 Å². The molecule has 0 saturated carbocycles. The van der Waals surface area contributed by atoms with Gasteiger partial charge >= 0.3 is 0 Å². The van der Waals surface area contributed by atoms with Gasteiger partial charge in [-0.3, -0.25) is 0 Å². The molecular weight excluding hydrogens is 274 g/mol. The third-order valence-corrected chi connectivity index (χ3v) is 5.35. The Morgan fingerprint density at radius 3 is 2.72 bits per heavy atom. The zero-order valence-electron chi connectivity index (χ0n) is 10.1. The van der Waals surface area contributed by atoms with Crippen LogP contribution in [-0.2, 0) is 14.6 Å². The van der Waals surface area contributed by atoms with E-state index in [4.69, 9.17) is 22.1 Å². The van der Waals surface area contributed by atoms with Gasteiger partial charge in [-0.25, -0.2) is 8.42 Å². The highest BCUT2D eigenvalue weighted by Crippen LogP contribution is 2.30. The SMILES string of the molecule is CC1CCC(CS(=O)(=O)c2c(N)cccc2Cl)O1. The number of hydrogen-bond acceptors (Lipinski definition) is 4. The first-order valence-electron chi connectivity index (χ1n) is 5.82. The number of anilines is 1. The number of benzene rings is 1. The molecule has 1 heterocycles. The number of nitrogen functional groups attached to an aromatic ring is 1. The van der Waals surface area contributed by atoms with Crippen molar-refractivity contribution < 1.29 is 13.2 Å². The lowest BCUT2D eigenvalue weighted by Crippen LogP contribution is -2.22. The Labute approximate surface area is 112 Å². The summed E-state index contributed by atoms with van der Waals surface area (Å²) >= 11 is 5.93. The topological polar surface area (TPSA) is 69.4 Å². The van der Waals surface area contributed by atoms with Crippen LogP contribution < -0.4 is 5.73 Å². The fraction of sp³-hybridized carbons (Fsp3) is 0.500. The maximum atomic E-state index is 12.3. The monoisotopic (exact) mass is 289 g/mol. The van der Waals surface area contributed by atoms with E-state index >= 15 is 0 Å². The lowest BCUT2D eigenvalue weighted by molar-refractivity contribution is 0.0690. The summed E-state index contributed by atoms with van der Waals surface area (Å²) in [7, 11) is -3.51. The van der Waals surface area contributed by atoms with E-state index in [-0.39, 0.29) is 33.6 Å². The molecule has 0 amide bonds. The maximum Gasteiger partial charge on any atom is 0.184 e. The fourth-order valence-electron chi connectivity index (χ4n) is 2.19. The van der Waals surface area contributed by atoms with E-state index in [0.717, 1.165) is 12.8 Å². The minimum absolute atomic E-state index is 0.0230. The molecule has 6 heteroatoms. The van der Waals surface area contributed by atoms with Crippen LogP contribution in [0.2, 0.25) is 5.02 Å². The Kier molecular flexibility index (Phi) is 3.84. The van der Waals surface area contributed by atoms with Crippen molar-refractivity contribution in [2.75, 3.05) is 11.5 Å². The number of rotatable bonds is 3. The molecule has 1 saturated heterocycles. The van der Waals surface area contributed by atoms with E-state index in [0.29, 0.717) is 0 Å². The first-order valence-corrected chi connectivity index (χ1v) is 7.85. The Balaban J connectivity index is 2.26. The predicted molar refractivity (Wildman–Crippen MR) is 71.5 cm³/mol. The summed E-state index contributed by atoms with van der Waals surface area (Å²) in [6, 6.07) is 4.70. The Morgan fingerprint density at radius 1 is 1.44 bits per heavy atom. The maximum absolute atomic E-state index is 12.3. The van der Waals surface area contributed by atoms with Crippen molar-refractivity contribution in [3.8, 4) is 0 Å². The Morgan fingerprint density at radius 2 is 2.17 bits per heavy atom. The second-order valence-electron chi connectivity index (χ2n) is 4.59. The zero-order valence-corrected chi connectivity index (χ0v) is 11.7. The second-order valence-corrected chi connectivity index (χ2v) is 6.96. The molecule has 0 aromatic heterocycles. The molecule has 2 unspecified atom stereocenters. The van der Waals surface area contributed by atoms with Crippen LogP contribution in [0.4, 0.5) is 5.69 Å². The van der Waals surface area contributed by atoms with Crippen LogP contribution >= 0.6 is 11.6 Å². The first-order chi connectivity index (χ1) is 8.40. The summed E-state index contributed by atoms with van der Waals surface area (Å²) in [4.78, 5) is 0.0230. The molecule has 2 N–H and O–H groups in total. The van der Waals surface area contributed by atoms with Gasteiger partial charge in [0, 0.05) is 0 Å². The van der Waals surface area contributed by atoms with Gasteiger partial charge in [-0.2, -0.15) is 0 Å². The van der Waals surface area contributed by atoms with E-state index in [1.165, 1.54) is 12.1 Å². The average molecular weight is 290 g/mol. The van der Waals surface area contributed by atoms with Gasteiger partial charge in [-0.05, 0) is 31.9 Å². The van der Waals surface area contributed by atoms with E-state index in [1.54, 1.807) is 6.07 Å². The quantitative estimate of drug-likeness (QED) is 0.867. The van der Waals surface area contributed by atoms with Gasteiger partial charge < -0.3 is 10.5 Å². The molecule has 4 nitrogen and oxygen atoms in total. The van der Waals surface area contributed by atoms with Crippen LogP contribution in [0.3, 0.4) is 0 Å². The van der Waals surface area contributed by atoms with E-state index in [2.05, 4.69) is 0 Å². The van der Waals surface area contributed by atoms with Crippen LogP contribution in [0.5, 0.6) is 0 Å². The summed E-state index contributed by atoms with van der Waals surface area (Å²) in [5.41, 5.74) is 5.89. The number of hydrogen-bond donors (Lipinski definition) is 1. The highest BCUT2D eigenvalue weighted by molar-refractivity contribution is 7.91.